The monoisotopic (exact) mass is 254 g/mol. The van der Waals surface area contributed by atoms with Crippen LogP contribution in [0, 0.1) is 5.92 Å². The van der Waals surface area contributed by atoms with Crippen molar-refractivity contribution >= 4 is 0 Å². The van der Waals surface area contributed by atoms with Crippen molar-refractivity contribution in [2.75, 3.05) is 19.6 Å². The molecule has 2 unspecified atom stereocenters. The van der Waals surface area contributed by atoms with E-state index in [2.05, 4.69) is 37.9 Å². The van der Waals surface area contributed by atoms with Gasteiger partial charge < -0.3 is 10.2 Å². The van der Waals surface area contributed by atoms with Gasteiger partial charge in [-0.15, -0.1) is 0 Å². The van der Waals surface area contributed by atoms with Crippen molar-refractivity contribution < 1.29 is 0 Å². The second kappa shape index (κ2) is 8.92. The van der Waals surface area contributed by atoms with E-state index in [0.29, 0.717) is 6.04 Å². The first-order valence-electron chi connectivity index (χ1n) is 8.19. The van der Waals surface area contributed by atoms with Crippen molar-refractivity contribution in [1.82, 2.24) is 10.2 Å². The number of rotatable bonds is 7. The first-order valence-corrected chi connectivity index (χ1v) is 8.19. The Bertz CT molecular complexity index is 201. The molecule has 0 spiro atoms. The predicted molar refractivity (Wildman–Crippen MR) is 81.0 cm³/mol. The van der Waals surface area contributed by atoms with Crippen LogP contribution in [-0.4, -0.2) is 36.6 Å². The van der Waals surface area contributed by atoms with Crippen molar-refractivity contribution in [2.24, 2.45) is 5.92 Å². The molecule has 0 amide bonds. The van der Waals surface area contributed by atoms with E-state index in [9.17, 15) is 0 Å². The summed E-state index contributed by atoms with van der Waals surface area (Å²) in [6, 6.07) is 1.44. The molecule has 1 heterocycles. The second-order valence-electron chi connectivity index (χ2n) is 6.00. The van der Waals surface area contributed by atoms with Gasteiger partial charge >= 0.3 is 0 Å². The molecule has 1 aliphatic rings. The number of hydrogen-bond acceptors (Lipinski definition) is 2. The molecule has 2 atom stereocenters. The number of likely N-dealkylation sites (tertiary alicyclic amines) is 1. The summed E-state index contributed by atoms with van der Waals surface area (Å²) >= 11 is 0. The SMILES string of the molecule is CCCN1CCCC(NC(C)C(CC)CC)CC1. The number of nitrogens with one attached hydrogen (secondary N) is 1. The van der Waals surface area contributed by atoms with Crippen LogP contribution >= 0.6 is 0 Å². The molecule has 1 N–H and O–H groups in total. The first-order chi connectivity index (χ1) is 8.71. The molecular weight excluding hydrogens is 220 g/mol. The summed E-state index contributed by atoms with van der Waals surface area (Å²) in [5, 5.41) is 3.90. The van der Waals surface area contributed by atoms with E-state index in [1.54, 1.807) is 0 Å². The molecule has 2 nitrogen and oxygen atoms in total. The van der Waals surface area contributed by atoms with E-state index in [1.807, 2.05) is 0 Å². The first kappa shape index (κ1) is 16.0. The Labute approximate surface area is 115 Å². The van der Waals surface area contributed by atoms with Crippen LogP contribution in [0.15, 0.2) is 0 Å². The van der Waals surface area contributed by atoms with Crippen LogP contribution in [0.5, 0.6) is 0 Å². The van der Waals surface area contributed by atoms with Crippen molar-refractivity contribution in [2.45, 2.75) is 78.3 Å². The van der Waals surface area contributed by atoms with Crippen molar-refractivity contribution in [3.63, 3.8) is 0 Å². The van der Waals surface area contributed by atoms with E-state index in [-0.39, 0.29) is 0 Å². The van der Waals surface area contributed by atoms with Crippen molar-refractivity contribution in [1.29, 1.82) is 0 Å². The third kappa shape index (κ3) is 5.27. The summed E-state index contributed by atoms with van der Waals surface area (Å²) in [7, 11) is 0. The van der Waals surface area contributed by atoms with Crippen molar-refractivity contribution in [3.8, 4) is 0 Å². The van der Waals surface area contributed by atoms with Gasteiger partial charge in [-0.1, -0.05) is 33.6 Å². The van der Waals surface area contributed by atoms with Gasteiger partial charge in [0.2, 0.25) is 0 Å². The summed E-state index contributed by atoms with van der Waals surface area (Å²) < 4.78 is 0. The fourth-order valence-electron chi connectivity index (χ4n) is 3.37. The summed E-state index contributed by atoms with van der Waals surface area (Å²) in [5.41, 5.74) is 0. The molecule has 1 rings (SSSR count). The highest BCUT2D eigenvalue weighted by molar-refractivity contribution is 4.79. The van der Waals surface area contributed by atoms with Crippen molar-refractivity contribution in [3.05, 3.63) is 0 Å². The molecule has 0 aromatic heterocycles. The number of nitrogens with zero attached hydrogens (tertiary/aromatic N) is 1. The fourth-order valence-corrected chi connectivity index (χ4v) is 3.37. The molecule has 1 aliphatic heterocycles. The van der Waals surface area contributed by atoms with Crippen LogP contribution in [0.4, 0.5) is 0 Å². The Balaban J connectivity index is 2.34. The zero-order valence-corrected chi connectivity index (χ0v) is 13.0. The topological polar surface area (TPSA) is 15.3 Å². The maximum Gasteiger partial charge on any atom is 0.00823 e. The molecule has 0 saturated carbocycles. The smallest absolute Gasteiger partial charge is 0.00823 e. The average molecular weight is 254 g/mol. The van der Waals surface area contributed by atoms with Gasteiger partial charge in [-0.25, -0.2) is 0 Å². The highest BCUT2D eigenvalue weighted by atomic mass is 15.1. The Hall–Kier alpha value is -0.0800. The second-order valence-corrected chi connectivity index (χ2v) is 6.00. The van der Waals surface area contributed by atoms with Gasteiger partial charge in [-0.05, 0) is 58.2 Å². The fraction of sp³-hybridized carbons (Fsp3) is 1.00. The Kier molecular flexibility index (Phi) is 7.92. The summed E-state index contributed by atoms with van der Waals surface area (Å²) in [5.74, 6) is 0.847. The largest absolute Gasteiger partial charge is 0.311 e. The van der Waals surface area contributed by atoms with E-state index in [4.69, 9.17) is 0 Å². The molecule has 1 saturated heterocycles. The Morgan fingerprint density at radius 2 is 1.83 bits per heavy atom. The lowest BCUT2D eigenvalue weighted by atomic mass is 9.94. The van der Waals surface area contributed by atoms with E-state index in [1.165, 1.54) is 58.2 Å². The molecule has 0 bridgehead atoms. The molecule has 18 heavy (non-hydrogen) atoms. The molecular formula is C16H34N2. The zero-order chi connectivity index (χ0) is 13.4. The summed E-state index contributed by atoms with van der Waals surface area (Å²) in [6.45, 7) is 13.2. The molecule has 0 aromatic rings. The third-order valence-electron chi connectivity index (χ3n) is 4.62. The van der Waals surface area contributed by atoms with Crippen LogP contribution in [0.2, 0.25) is 0 Å². The average Bonchev–Trinajstić information content (AvgIpc) is 2.57. The van der Waals surface area contributed by atoms with Crippen LogP contribution in [0.3, 0.4) is 0 Å². The highest BCUT2D eigenvalue weighted by Gasteiger charge is 2.20. The maximum atomic E-state index is 3.90. The number of hydrogen-bond donors (Lipinski definition) is 1. The summed E-state index contributed by atoms with van der Waals surface area (Å²) in [6.07, 6.45) is 7.98. The lowest BCUT2D eigenvalue weighted by Crippen LogP contribution is -2.41. The summed E-state index contributed by atoms with van der Waals surface area (Å²) in [4.78, 5) is 2.64. The minimum Gasteiger partial charge on any atom is -0.311 e. The quantitative estimate of drug-likeness (QED) is 0.746. The van der Waals surface area contributed by atoms with Crippen LogP contribution < -0.4 is 5.32 Å². The van der Waals surface area contributed by atoms with Crippen LogP contribution in [-0.2, 0) is 0 Å². The van der Waals surface area contributed by atoms with E-state index < -0.39 is 0 Å². The molecule has 0 radical (unpaired) electrons. The molecule has 0 aromatic carbocycles. The van der Waals surface area contributed by atoms with E-state index >= 15 is 0 Å². The predicted octanol–water partition coefficient (Wildman–Crippen LogP) is 3.67. The van der Waals surface area contributed by atoms with Gasteiger partial charge in [0.1, 0.15) is 0 Å². The van der Waals surface area contributed by atoms with Crippen LogP contribution in [0.1, 0.15) is 66.2 Å². The molecule has 0 aliphatic carbocycles. The van der Waals surface area contributed by atoms with Gasteiger partial charge in [-0.2, -0.15) is 0 Å². The van der Waals surface area contributed by atoms with Gasteiger partial charge in [0.15, 0.2) is 0 Å². The van der Waals surface area contributed by atoms with Gasteiger partial charge in [0.25, 0.3) is 0 Å². The lowest BCUT2D eigenvalue weighted by Gasteiger charge is -2.28. The van der Waals surface area contributed by atoms with E-state index in [0.717, 1.165) is 12.0 Å². The highest BCUT2D eigenvalue weighted by Crippen LogP contribution is 2.17. The van der Waals surface area contributed by atoms with Crippen LogP contribution in [0.25, 0.3) is 0 Å². The zero-order valence-electron chi connectivity index (χ0n) is 13.0. The standard InChI is InChI=1S/C16H34N2/c1-5-11-18-12-8-9-16(10-13-18)17-14(4)15(6-2)7-3/h14-17H,5-13H2,1-4H3. The Morgan fingerprint density at radius 3 is 2.44 bits per heavy atom. The minimum atomic E-state index is 0.683. The normalized spacial score (nSPS) is 24.2. The lowest BCUT2D eigenvalue weighted by molar-refractivity contribution is 0.274. The molecule has 108 valence electrons. The third-order valence-corrected chi connectivity index (χ3v) is 4.62. The minimum absolute atomic E-state index is 0.683. The molecule has 1 fully saturated rings. The molecule has 2 heteroatoms. The Morgan fingerprint density at radius 1 is 1.11 bits per heavy atom. The van der Waals surface area contributed by atoms with Gasteiger partial charge in [-0.3, -0.25) is 0 Å². The van der Waals surface area contributed by atoms with Gasteiger partial charge in [0.05, 0.1) is 0 Å². The maximum absolute atomic E-state index is 3.90. The van der Waals surface area contributed by atoms with Gasteiger partial charge in [0, 0.05) is 12.1 Å².